The first-order valence-corrected chi connectivity index (χ1v) is 8.94. The molecule has 1 N–H and O–H groups in total. The summed E-state index contributed by atoms with van der Waals surface area (Å²) in [4.78, 5) is 17.1. The van der Waals surface area contributed by atoms with Gasteiger partial charge in [-0.05, 0) is 53.2 Å². The molecule has 2 heterocycles. The molecule has 2 aromatic heterocycles. The Morgan fingerprint density at radius 2 is 2.04 bits per heavy atom. The average molecular weight is 430 g/mol. The molecular weight excluding hydrogens is 417 g/mol. The number of nitrogens with zero attached hydrogens (tertiary/aromatic N) is 3. The molecule has 0 aliphatic rings. The van der Waals surface area contributed by atoms with E-state index in [0.29, 0.717) is 23.0 Å². The number of hydrogen-bond acceptors (Lipinski definition) is 5. The van der Waals surface area contributed by atoms with Gasteiger partial charge in [0.25, 0.3) is 11.4 Å². The molecule has 0 aliphatic heterocycles. The van der Waals surface area contributed by atoms with Crippen LogP contribution in [0.1, 0.15) is 6.92 Å². The van der Waals surface area contributed by atoms with Gasteiger partial charge in [-0.15, -0.1) is 0 Å². The van der Waals surface area contributed by atoms with Crippen molar-refractivity contribution in [1.29, 1.82) is 0 Å². The third-order valence-corrected chi connectivity index (χ3v) is 4.89. The zero-order chi connectivity index (χ0) is 19.1. The fourth-order valence-corrected chi connectivity index (χ4v) is 3.35. The molecular formula is C19H13BrFN3O3. The first-order chi connectivity index (χ1) is 13.0. The molecule has 0 amide bonds. The second kappa shape index (κ2) is 6.62. The molecule has 2 aromatic carbocycles. The van der Waals surface area contributed by atoms with E-state index < -0.39 is 11.4 Å². The standard InChI is InChI=1S/C19H13BrFN3O3/c1-2-24-14-6-4-3-5-11(14)16(25)15(19(24)26)18-22-17(23-27-18)10-7-8-13(21)12(20)9-10/h3-9,25H,2H2,1H3. The molecule has 0 aliphatic carbocycles. The van der Waals surface area contributed by atoms with Crippen molar-refractivity contribution in [3.8, 4) is 28.6 Å². The van der Waals surface area contributed by atoms with Crippen LogP contribution >= 0.6 is 15.9 Å². The van der Waals surface area contributed by atoms with Gasteiger partial charge in [0.1, 0.15) is 17.1 Å². The predicted octanol–water partition coefficient (Wildman–Crippen LogP) is 4.35. The van der Waals surface area contributed by atoms with Crippen molar-refractivity contribution in [3.05, 3.63) is 63.1 Å². The summed E-state index contributed by atoms with van der Waals surface area (Å²) in [6.07, 6.45) is 0. The number of aryl methyl sites for hydroxylation is 1. The van der Waals surface area contributed by atoms with Gasteiger partial charge in [-0.25, -0.2) is 4.39 Å². The van der Waals surface area contributed by atoms with Crippen molar-refractivity contribution in [2.75, 3.05) is 0 Å². The number of rotatable bonds is 3. The maximum Gasteiger partial charge on any atom is 0.267 e. The summed E-state index contributed by atoms with van der Waals surface area (Å²) in [5, 5.41) is 15.0. The van der Waals surface area contributed by atoms with Crippen LogP contribution in [0, 0.1) is 5.82 Å². The van der Waals surface area contributed by atoms with Gasteiger partial charge < -0.3 is 14.2 Å². The molecule has 0 atom stereocenters. The van der Waals surface area contributed by atoms with Crippen LogP contribution in [0.2, 0.25) is 0 Å². The zero-order valence-electron chi connectivity index (χ0n) is 14.1. The lowest BCUT2D eigenvalue weighted by Crippen LogP contribution is -2.21. The molecule has 136 valence electrons. The van der Waals surface area contributed by atoms with E-state index in [4.69, 9.17) is 4.52 Å². The maximum absolute atomic E-state index is 13.4. The summed E-state index contributed by atoms with van der Waals surface area (Å²) in [6, 6.07) is 11.3. The highest BCUT2D eigenvalue weighted by Crippen LogP contribution is 2.33. The summed E-state index contributed by atoms with van der Waals surface area (Å²) in [5.41, 5.74) is 0.641. The lowest BCUT2D eigenvalue weighted by atomic mass is 10.1. The maximum atomic E-state index is 13.4. The minimum absolute atomic E-state index is 0.0597. The van der Waals surface area contributed by atoms with Crippen molar-refractivity contribution in [2.45, 2.75) is 13.5 Å². The van der Waals surface area contributed by atoms with Crippen LogP contribution in [0.3, 0.4) is 0 Å². The molecule has 4 rings (SSSR count). The molecule has 0 fully saturated rings. The van der Waals surface area contributed by atoms with Crippen LogP contribution in [-0.4, -0.2) is 19.8 Å². The van der Waals surface area contributed by atoms with E-state index in [0.717, 1.165) is 0 Å². The Morgan fingerprint density at radius 3 is 2.78 bits per heavy atom. The number of halogens is 2. The number of aromatic hydroxyl groups is 1. The van der Waals surface area contributed by atoms with E-state index in [9.17, 15) is 14.3 Å². The first kappa shape index (κ1) is 17.4. The van der Waals surface area contributed by atoms with E-state index in [-0.39, 0.29) is 27.5 Å². The van der Waals surface area contributed by atoms with Crippen LogP contribution in [0.5, 0.6) is 5.75 Å². The number of hydrogen-bond donors (Lipinski definition) is 1. The van der Waals surface area contributed by atoms with E-state index >= 15 is 0 Å². The lowest BCUT2D eigenvalue weighted by molar-refractivity contribution is 0.425. The Hall–Kier alpha value is -3.00. The number of fused-ring (bicyclic) bond motifs is 1. The minimum Gasteiger partial charge on any atom is -0.506 e. The lowest BCUT2D eigenvalue weighted by Gasteiger charge is -2.11. The van der Waals surface area contributed by atoms with E-state index in [1.54, 1.807) is 24.3 Å². The van der Waals surface area contributed by atoms with Gasteiger partial charge in [0, 0.05) is 17.5 Å². The van der Waals surface area contributed by atoms with Crippen LogP contribution in [-0.2, 0) is 6.54 Å². The van der Waals surface area contributed by atoms with Gasteiger partial charge in [0.2, 0.25) is 5.82 Å². The van der Waals surface area contributed by atoms with Gasteiger partial charge in [0.15, 0.2) is 0 Å². The highest BCUT2D eigenvalue weighted by atomic mass is 79.9. The normalized spacial score (nSPS) is 11.2. The monoisotopic (exact) mass is 429 g/mol. The van der Waals surface area contributed by atoms with Gasteiger partial charge >= 0.3 is 0 Å². The van der Waals surface area contributed by atoms with Crippen LogP contribution in [0.25, 0.3) is 33.7 Å². The molecule has 0 spiro atoms. The van der Waals surface area contributed by atoms with Gasteiger partial charge in [-0.2, -0.15) is 4.98 Å². The van der Waals surface area contributed by atoms with Crippen molar-refractivity contribution < 1.29 is 14.0 Å². The highest BCUT2D eigenvalue weighted by molar-refractivity contribution is 9.10. The molecule has 6 nitrogen and oxygen atoms in total. The van der Waals surface area contributed by atoms with Crippen molar-refractivity contribution in [2.24, 2.45) is 0 Å². The smallest absolute Gasteiger partial charge is 0.267 e. The molecule has 8 heteroatoms. The van der Waals surface area contributed by atoms with Crippen LogP contribution in [0.4, 0.5) is 4.39 Å². The summed E-state index contributed by atoms with van der Waals surface area (Å²) < 4.78 is 20.5. The van der Waals surface area contributed by atoms with Crippen LogP contribution < -0.4 is 5.56 Å². The average Bonchev–Trinajstić information content (AvgIpc) is 3.14. The molecule has 0 saturated carbocycles. The molecule has 4 aromatic rings. The first-order valence-electron chi connectivity index (χ1n) is 8.15. The number of aromatic nitrogens is 3. The third kappa shape index (κ3) is 2.82. The fourth-order valence-electron chi connectivity index (χ4n) is 2.97. The SMILES string of the molecule is CCn1c(=O)c(-c2nc(-c3ccc(F)c(Br)c3)no2)c(O)c2ccccc21. The van der Waals surface area contributed by atoms with Crippen molar-refractivity contribution in [1.82, 2.24) is 14.7 Å². The number of para-hydroxylation sites is 1. The van der Waals surface area contributed by atoms with Gasteiger partial charge in [-0.3, -0.25) is 4.79 Å². The molecule has 0 saturated heterocycles. The largest absolute Gasteiger partial charge is 0.506 e. The van der Waals surface area contributed by atoms with E-state index in [1.165, 1.54) is 22.8 Å². The summed E-state index contributed by atoms with van der Waals surface area (Å²) in [7, 11) is 0. The Labute approximate surface area is 161 Å². The van der Waals surface area contributed by atoms with E-state index in [1.807, 2.05) is 6.92 Å². The van der Waals surface area contributed by atoms with Gasteiger partial charge in [-0.1, -0.05) is 17.3 Å². The molecule has 0 bridgehead atoms. The summed E-state index contributed by atoms with van der Waals surface area (Å²) >= 11 is 3.11. The minimum atomic E-state index is -0.427. The second-order valence-electron chi connectivity index (χ2n) is 5.84. The molecule has 27 heavy (non-hydrogen) atoms. The predicted molar refractivity (Wildman–Crippen MR) is 102 cm³/mol. The summed E-state index contributed by atoms with van der Waals surface area (Å²) in [5.74, 6) is -0.544. The zero-order valence-corrected chi connectivity index (χ0v) is 15.7. The second-order valence-corrected chi connectivity index (χ2v) is 6.70. The quantitative estimate of drug-likeness (QED) is 0.523. The van der Waals surface area contributed by atoms with Crippen molar-refractivity contribution in [3.63, 3.8) is 0 Å². The van der Waals surface area contributed by atoms with E-state index in [2.05, 4.69) is 26.1 Å². The number of pyridine rings is 1. The van der Waals surface area contributed by atoms with Crippen LogP contribution in [0.15, 0.2) is 56.3 Å². The molecule has 0 unspecified atom stereocenters. The van der Waals surface area contributed by atoms with Crippen molar-refractivity contribution >= 4 is 26.8 Å². The van der Waals surface area contributed by atoms with Gasteiger partial charge in [0.05, 0.1) is 9.99 Å². The Kier molecular flexibility index (Phi) is 4.27. The Bertz CT molecular complexity index is 1230. The number of benzene rings is 2. The Morgan fingerprint density at radius 1 is 1.26 bits per heavy atom. The molecule has 0 radical (unpaired) electrons. The third-order valence-electron chi connectivity index (χ3n) is 4.28. The fraction of sp³-hybridized carbons (Fsp3) is 0.105. The topological polar surface area (TPSA) is 81.2 Å². The Balaban J connectivity index is 1.92. The summed E-state index contributed by atoms with van der Waals surface area (Å²) in [6.45, 7) is 2.25. The highest BCUT2D eigenvalue weighted by Gasteiger charge is 2.22.